The number of carbonyl (C=O) groups excluding carboxylic acids is 1. The Bertz CT molecular complexity index is 4020. The van der Waals surface area contributed by atoms with Crippen LogP contribution in [0.3, 0.4) is 0 Å². The van der Waals surface area contributed by atoms with Crippen LogP contribution in [0.5, 0.6) is 17.4 Å². The van der Waals surface area contributed by atoms with Crippen molar-refractivity contribution in [2.24, 2.45) is 36.4 Å². The number of amides is 1. The molecule has 3 aromatic heterocycles. The summed E-state index contributed by atoms with van der Waals surface area (Å²) in [4.78, 5) is 20.9. The number of pyridine rings is 1. The van der Waals surface area contributed by atoms with Crippen molar-refractivity contribution in [2.75, 3.05) is 18.6 Å². The van der Waals surface area contributed by atoms with E-state index in [-0.39, 0.29) is 100 Å². The third kappa shape index (κ3) is 13.7. The van der Waals surface area contributed by atoms with Gasteiger partial charge in [0.05, 0.1) is 80.3 Å². The Labute approximate surface area is 439 Å². The highest BCUT2D eigenvalue weighted by Gasteiger charge is 2.25. The molecule has 0 saturated carbocycles. The number of imidazole rings is 1. The second-order valence-corrected chi connectivity index (χ2v) is 22.3. The molecule has 0 unspecified atom stereocenters. The molecule has 0 atom stereocenters. The zero-order valence-electron chi connectivity index (χ0n) is 38.6. The predicted molar refractivity (Wildman–Crippen MR) is 272 cm³/mol. The zero-order chi connectivity index (χ0) is 55.3. The van der Waals surface area contributed by atoms with Crippen molar-refractivity contribution in [2.45, 2.75) is 35.0 Å². The number of rotatable bonds is 19. The number of ether oxygens (including phenoxy) is 1. The number of aromatic nitrogens is 3. The highest BCUT2D eigenvalue weighted by molar-refractivity contribution is 7.95. The average Bonchev–Trinajstić information content (AvgIpc) is 3.94. The summed E-state index contributed by atoms with van der Waals surface area (Å²) in [6.45, 7) is 2.90. The van der Waals surface area contributed by atoms with E-state index in [9.17, 15) is 49.4 Å². The number of fused-ring (bicyclic) bond motifs is 5. The molecular formula is C41H36N10O19S6. The molecule has 0 aliphatic heterocycles. The number of hydrogen-bond acceptors (Lipinski definition) is 27. The van der Waals surface area contributed by atoms with E-state index in [0.717, 1.165) is 17.4 Å². The lowest BCUT2D eigenvalue weighted by atomic mass is 10.1. The second-order valence-electron chi connectivity index (χ2n) is 15.4. The number of azo groups is 3. The van der Waals surface area contributed by atoms with Crippen LogP contribution in [-0.2, 0) is 49.1 Å². The molecule has 0 aliphatic rings. The first kappa shape index (κ1) is 56.8. The summed E-state index contributed by atoms with van der Waals surface area (Å²) in [5, 5.41) is 74.0. The molecule has 400 valence electrons. The summed E-state index contributed by atoms with van der Waals surface area (Å²) < 4.78 is 109. The maximum Gasteiger partial charge on any atom is 0.296 e. The van der Waals surface area contributed by atoms with Crippen molar-refractivity contribution in [1.82, 2.24) is 14.4 Å². The number of phenols is 1. The van der Waals surface area contributed by atoms with Crippen LogP contribution in [0.4, 0.5) is 33.6 Å². The van der Waals surface area contributed by atoms with Gasteiger partial charge in [-0.3, -0.25) is 22.9 Å². The lowest BCUT2D eigenvalue weighted by Crippen LogP contribution is -2.15. The van der Waals surface area contributed by atoms with Gasteiger partial charge in [-0.2, -0.15) is 30.4 Å². The number of para-hydroxylation sites is 2. The number of aromatic hydroxyl groups is 2. The molecular weight excluding hydrogens is 1130 g/mol. The molecule has 5 aromatic carbocycles. The number of aryl methyl sites for hydroxylation is 1. The van der Waals surface area contributed by atoms with Gasteiger partial charge in [0, 0.05) is 16.3 Å². The van der Waals surface area contributed by atoms with E-state index in [1.54, 1.807) is 38.1 Å². The molecule has 35 heteroatoms. The van der Waals surface area contributed by atoms with E-state index in [2.05, 4.69) is 55.1 Å². The molecule has 0 saturated heterocycles. The van der Waals surface area contributed by atoms with E-state index < -0.39 is 52.7 Å². The molecule has 29 nitrogen and oxygen atoms in total. The average molecular weight is 1170 g/mol. The van der Waals surface area contributed by atoms with Crippen LogP contribution >= 0.6 is 35.4 Å². The molecule has 0 fully saturated rings. The fourth-order valence-corrected chi connectivity index (χ4v) is 10.2. The Morgan fingerprint density at radius 2 is 1.49 bits per heavy atom. The lowest BCUT2D eigenvalue weighted by molar-refractivity contribution is -0.432. The van der Waals surface area contributed by atoms with Crippen LogP contribution in [0.25, 0.3) is 37.7 Å². The molecule has 0 bridgehead atoms. The minimum Gasteiger partial charge on any atom is -0.505 e. The summed E-state index contributed by atoms with van der Waals surface area (Å²) in [6.07, 6.45) is 0.559. The van der Waals surface area contributed by atoms with E-state index in [1.165, 1.54) is 46.9 Å². The fraction of sp³-hybridized carbons (Fsp3) is 0.146. The van der Waals surface area contributed by atoms with Gasteiger partial charge in [0.25, 0.3) is 36.3 Å². The molecule has 76 heavy (non-hydrogen) atoms. The fourth-order valence-electron chi connectivity index (χ4n) is 7.00. The van der Waals surface area contributed by atoms with Crippen LogP contribution in [0.1, 0.15) is 27.9 Å². The van der Waals surface area contributed by atoms with Crippen LogP contribution < -0.4 is 10.5 Å². The van der Waals surface area contributed by atoms with Gasteiger partial charge in [-0.25, -0.2) is 20.5 Å². The summed E-state index contributed by atoms with van der Waals surface area (Å²) in [5.74, 6) is -2.25. The van der Waals surface area contributed by atoms with Gasteiger partial charge in [-0.05, 0) is 91.4 Å². The molecule has 0 aliphatic carbocycles. The van der Waals surface area contributed by atoms with Crippen LogP contribution in [0.2, 0.25) is 0 Å². The van der Waals surface area contributed by atoms with Gasteiger partial charge in [0.15, 0.2) is 11.4 Å². The number of benzene rings is 5. The van der Waals surface area contributed by atoms with E-state index >= 15 is 0 Å². The van der Waals surface area contributed by atoms with Crippen LogP contribution in [0, 0.1) is 13.8 Å². The van der Waals surface area contributed by atoms with Gasteiger partial charge in [0.2, 0.25) is 11.0 Å². The van der Waals surface area contributed by atoms with Gasteiger partial charge in [-0.15, -0.1) is 34.2 Å². The molecule has 3 heterocycles. The minimum absolute atomic E-state index is 0.0237. The summed E-state index contributed by atoms with van der Waals surface area (Å²) >= 11 is 1.77. The number of hydrogen-bond donors (Lipinski definition) is 8. The molecule has 8 aromatic rings. The molecule has 8 rings (SSSR count). The zero-order valence-corrected chi connectivity index (χ0v) is 43.5. The number of nitrogens with two attached hydrogens (primary N) is 1. The van der Waals surface area contributed by atoms with E-state index in [1.807, 2.05) is 0 Å². The Balaban J connectivity index is 0.00000160. The summed E-state index contributed by atoms with van der Waals surface area (Å²) in [7, 11) is -12.8. The van der Waals surface area contributed by atoms with E-state index in [4.69, 9.17) is 29.9 Å². The van der Waals surface area contributed by atoms with Gasteiger partial charge in [0.1, 0.15) is 33.2 Å². The SMILES string of the molecule is CS(=O)(=O)O.Cc1cc(N=Nc2c(SOOO)cc3cc(N=Nc4c(C)c(C(N)=O)c5nc6ccccc6n5c4O)ccc3c2O)c(OCCCS(=O)(=O)O)cc1N=Nc1nc2c(S(=O)(=O)O)cc(SOOO)cc2s1. The number of primary amides is 1. The highest BCUT2D eigenvalue weighted by Crippen LogP contribution is 2.47. The number of carbonyl (C=O) groups is 1. The Morgan fingerprint density at radius 1 is 0.803 bits per heavy atom. The van der Waals surface area contributed by atoms with Crippen molar-refractivity contribution in [3.63, 3.8) is 0 Å². The topological polar surface area (TPSA) is 438 Å². The van der Waals surface area contributed by atoms with Crippen molar-refractivity contribution < 1.29 is 87.9 Å². The van der Waals surface area contributed by atoms with Gasteiger partial charge in [-0.1, -0.05) is 33.5 Å². The highest BCUT2D eigenvalue weighted by atomic mass is 32.2. The number of phenolic OH excluding ortho intramolecular Hbond substituents is 1. The van der Waals surface area contributed by atoms with Crippen molar-refractivity contribution in [1.29, 1.82) is 0 Å². The summed E-state index contributed by atoms with van der Waals surface area (Å²) in [5.41, 5.74) is 7.55. The Hall–Kier alpha value is -6.94. The summed E-state index contributed by atoms with van der Waals surface area (Å²) in [6, 6.07) is 18.2. The van der Waals surface area contributed by atoms with Gasteiger partial charge >= 0.3 is 0 Å². The molecule has 9 N–H and O–H groups in total. The number of nitrogens with zero attached hydrogens (tertiary/aromatic N) is 9. The molecule has 0 spiro atoms. The van der Waals surface area contributed by atoms with Crippen molar-refractivity contribution >= 4 is 143 Å². The third-order valence-corrected chi connectivity index (χ3v) is 13.8. The largest absolute Gasteiger partial charge is 0.505 e. The Morgan fingerprint density at radius 3 is 2.17 bits per heavy atom. The van der Waals surface area contributed by atoms with Gasteiger partial charge < -0.3 is 20.7 Å². The first-order valence-corrected chi connectivity index (χ1v) is 27.9. The van der Waals surface area contributed by atoms with Crippen molar-refractivity contribution in [3.8, 4) is 17.4 Å². The lowest BCUT2D eigenvalue weighted by Gasteiger charge is -2.12. The van der Waals surface area contributed by atoms with E-state index in [0.29, 0.717) is 52.3 Å². The first-order chi connectivity index (χ1) is 35.8. The van der Waals surface area contributed by atoms with Crippen LogP contribution in [0.15, 0.2) is 118 Å². The number of thiazole rings is 1. The predicted octanol–water partition coefficient (Wildman–Crippen LogP) is 9.89. The smallest absolute Gasteiger partial charge is 0.296 e. The van der Waals surface area contributed by atoms with Crippen molar-refractivity contribution in [3.05, 3.63) is 89.5 Å². The molecule has 0 radical (unpaired) electrons. The minimum atomic E-state index is -4.80. The molecule has 1 amide bonds. The standard InChI is InChI=1S/C40H32N10O16S5.CH4O3S/c1-18-12-26(28(62-10-5-11-70(56,57)58)17-25(18)45-49-40-43-34-29(67-40)15-22(68-65-63-54)16-31(34)71(59,60)61)46-48-35-30(69-66-64-55)14-20-13-21(8-9-23(20)36(35)51)44-47-33-19(2)32(37(41)52)38-42-24-6-3-4-7-27(24)50(38)39(33)53;1-5(2,3)4/h3-4,6-9,12-17,51,53-55H,5,10-11H2,1-2H3,(H2,41,52)(H,56,57,58)(H,59,60,61);1H3,(H,2,3,4). The second kappa shape index (κ2) is 23.5. The maximum absolute atomic E-state index is 12.6. The maximum atomic E-state index is 12.6. The first-order valence-electron chi connectivity index (χ1n) is 20.7. The normalized spacial score (nSPS) is 12.5. The quantitative estimate of drug-likeness (QED) is 0.00931. The monoisotopic (exact) mass is 1160 g/mol. The third-order valence-electron chi connectivity index (χ3n) is 10.1. The Kier molecular flexibility index (Phi) is 17.6. The van der Waals surface area contributed by atoms with Crippen LogP contribution in [-0.4, -0.2) is 98.5 Å².